The van der Waals surface area contributed by atoms with Crippen LogP contribution in [0.4, 0.5) is 17.1 Å². The van der Waals surface area contributed by atoms with Gasteiger partial charge in [-0.25, -0.2) is 0 Å². The number of nitro groups is 1. The summed E-state index contributed by atoms with van der Waals surface area (Å²) in [5, 5.41) is 29.2. The number of carbonyl (C=O) groups excluding carboxylic acids is 3. The van der Waals surface area contributed by atoms with Crippen molar-refractivity contribution in [1.29, 1.82) is 0 Å². The SMILES string of the molecule is CCc1ccccc1NC(=O)C1C(=O)CC(C)(O)C(C(=O)Nc2ccccc2CC)C1c1ccc(OC)c([N+](=O)[O-])c1. The number of anilines is 2. The average molecular weight is 574 g/mol. The summed E-state index contributed by atoms with van der Waals surface area (Å²) in [6.07, 6.45) is 0.800. The van der Waals surface area contributed by atoms with Gasteiger partial charge in [0.25, 0.3) is 0 Å². The van der Waals surface area contributed by atoms with E-state index in [0.717, 1.165) is 11.1 Å². The van der Waals surface area contributed by atoms with E-state index in [9.17, 15) is 29.6 Å². The Labute approximate surface area is 244 Å². The molecule has 1 aliphatic rings. The van der Waals surface area contributed by atoms with E-state index in [4.69, 9.17) is 4.74 Å². The maximum Gasteiger partial charge on any atom is 0.311 e. The molecule has 10 heteroatoms. The number of Topliss-reactive ketones (excluding diaryl/α,β-unsaturated/α-hetero) is 1. The first-order chi connectivity index (χ1) is 20.0. The van der Waals surface area contributed by atoms with Crippen molar-refractivity contribution >= 4 is 34.7 Å². The third kappa shape index (κ3) is 6.03. The lowest BCUT2D eigenvalue weighted by atomic mass is 9.61. The van der Waals surface area contributed by atoms with Crippen LogP contribution in [0.1, 0.15) is 49.8 Å². The van der Waals surface area contributed by atoms with Crippen molar-refractivity contribution in [2.45, 2.75) is 51.6 Å². The first kappa shape index (κ1) is 30.4. The van der Waals surface area contributed by atoms with E-state index in [-0.39, 0.29) is 11.3 Å². The summed E-state index contributed by atoms with van der Waals surface area (Å²) < 4.78 is 5.15. The zero-order chi connectivity index (χ0) is 30.6. The molecule has 0 bridgehead atoms. The number of carbonyl (C=O) groups is 3. The van der Waals surface area contributed by atoms with Crippen molar-refractivity contribution < 1.29 is 29.2 Å². The molecule has 0 saturated heterocycles. The molecule has 1 fully saturated rings. The highest BCUT2D eigenvalue weighted by atomic mass is 16.6. The number of hydrogen-bond donors (Lipinski definition) is 3. The van der Waals surface area contributed by atoms with Gasteiger partial charge in [0.1, 0.15) is 11.7 Å². The van der Waals surface area contributed by atoms with E-state index in [1.807, 2.05) is 38.1 Å². The summed E-state index contributed by atoms with van der Waals surface area (Å²) >= 11 is 0. The molecule has 0 aliphatic heterocycles. The number of aliphatic hydroxyl groups is 1. The molecule has 3 aromatic carbocycles. The van der Waals surface area contributed by atoms with Gasteiger partial charge in [0.05, 0.1) is 23.6 Å². The summed E-state index contributed by atoms with van der Waals surface area (Å²) in [6, 6.07) is 18.4. The molecule has 0 radical (unpaired) electrons. The van der Waals surface area contributed by atoms with Crippen molar-refractivity contribution in [3.63, 3.8) is 0 Å². The molecule has 0 aromatic heterocycles. The molecule has 4 atom stereocenters. The normalized spacial score (nSPS) is 21.8. The molecule has 1 aliphatic carbocycles. The number of nitrogens with one attached hydrogen (secondary N) is 2. The van der Waals surface area contributed by atoms with E-state index in [1.165, 1.54) is 32.2 Å². The third-order valence-corrected chi connectivity index (χ3v) is 7.93. The van der Waals surface area contributed by atoms with Gasteiger partial charge in [-0.1, -0.05) is 56.3 Å². The van der Waals surface area contributed by atoms with Gasteiger partial charge in [-0.2, -0.15) is 0 Å². The summed E-state index contributed by atoms with van der Waals surface area (Å²) in [6.45, 7) is 5.25. The van der Waals surface area contributed by atoms with Gasteiger partial charge in [0.2, 0.25) is 11.8 Å². The van der Waals surface area contributed by atoms with E-state index in [0.29, 0.717) is 24.2 Å². The van der Waals surface area contributed by atoms with E-state index < -0.39 is 58.0 Å². The Hall–Kier alpha value is -4.57. The Kier molecular flexibility index (Phi) is 9.06. The number of rotatable bonds is 9. The van der Waals surface area contributed by atoms with E-state index >= 15 is 0 Å². The smallest absolute Gasteiger partial charge is 0.311 e. The maximum atomic E-state index is 14.0. The van der Waals surface area contributed by atoms with Crippen LogP contribution >= 0.6 is 0 Å². The number of ketones is 1. The second kappa shape index (κ2) is 12.5. The fourth-order valence-corrected chi connectivity index (χ4v) is 5.87. The van der Waals surface area contributed by atoms with E-state index in [1.54, 1.807) is 24.3 Å². The summed E-state index contributed by atoms with van der Waals surface area (Å²) in [5.41, 5.74) is 0.701. The van der Waals surface area contributed by atoms with Gasteiger partial charge < -0.3 is 20.5 Å². The van der Waals surface area contributed by atoms with Crippen molar-refractivity contribution in [2.24, 2.45) is 11.8 Å². The molecule has 10 nitrogen and oxygen atoms in total. The lowest BCUT2D eigenvalue weighted by molar-refractivity contribution is -0.385. The molecule has 3 N–H and O–H groups in total. The van der Waals surface area contributed by atoms with Gasteiger partial charge in [-0.3, -0.25) is 24.5 Å². The van der Waals surface area contributed by atoms with Crippen LogP contribution in [0.3, 0.4) is 0 Å². The highest BCUT2D eigenvalue weighted by Crippen LogP contribution is 2.48. The molecule has 3 aromatic rings. The topological polar surface area (TPSA) is 148 Å². The van der Waals surface area contributed by atoms with Gasteiger partial charge >= 0.3 is 5.69 Å². The molecule has 0 spiro atoms. The minimum atomic E-state index is -1.86. The largest absolute Gasteiger partial charge is 0.490 e. The van der Waals surface area contributed by atoms with Crippen LogP contribution in [-0.2, 0) is 27.2 Å². The van der Waals surface area contributed by atoms with Crippen LogP contribution in [0.2, 0.25) is 0 Å². The first-order valence-electron chi connectivity index (χ1n) is 13.9. The Morgan fingerprint density at radius 2 is 1.52 bits per heavy atom. The number of para-hydroxylation sites is 2. The zero-order valence-corrected chi connectivity index (χ0v) is 24.0. The van der Waals surface area contributed by atoms with Crippen LogP contribution in [0.25, 0.3) is 0 Å². The van der Waals surface area contributed by atoms with Gasteiger partial charge in [0.15, 0.2) is 5.75 Å². The molecule has 42 heavy (non-hydrogen) atoms. The fourth-order valence-electron chi connectivity index (χ4n) is 5.87. The number of ether oxygens (including phenoxy) is 1. The zero-order valence-electron chi connectivity index (χ0n) is 24.0. The summed E-state index contributed by atoms with van der Waals surface area (Å²) in [4.78, 5) is 52.9. The fraction of sp³-hybridized carbons (Fsp3) is 0.344. The monoisotopic (exact) mass is 573 g/mol. The third-order valence-electron chi connectivity index (χ3n) is 7.93. The Balaban J connectivity index is 1.86. The minimum Gasteiger partial charge on any atom is -0.490 e. The molecule has 0 heterocycles. The van der Waals surface area contributed by atoms with Crippen LogP contribution < -0.4 is 15.4 Å². The number of hydrogen-bond acceptors (Lipinski definition) is 7. The molecular formula is C32H35N3O7. The predicted octanol–water partition coefficient (Wildman–Crippen LogP) is 5.05. The van der Waals surface area contributed by atoms with Gasteiger partial charge in [-0.15, -0.1) is 0 Å². The summed E-state index contributed by atoms with van der Waals surface area (Å²) in [7, 11) is 1.29. The highest BCUT2D eigenvalue weighted by molar-refractivity contribution is 6.10. The molecule has 220 valence electrons. The standard InChI is InChI=1S/C32H35N3O7/c1-5-19-11-7-9-13-22(19)33-30(37)28-25(36)18-32(3,39)29(31(38)34-23-14-10-8-12-20(23)6-2)27(28)21-15-16-26(42-4)24(17-21)35(40)41/h7-17,27-29,39H,5-6,18H2,1-4H3,(H,33,37)(H,34,38). The number of methoxy groups -OCH3 is 1. The van der Waals surface area contributed by atoms with Gasteiger partial charge in [0, 0.05) is 29.8 Å². The maximum absolute atomic E-state index is 14.0. The molecule has 1 saturated carbocycles. The highest BCUT2D eigenvalue weighted by Gasteiger charge is 2.56. The number of amides is 2. The van der Waals surface area contributed by atoms with Crippen molar-refractivity contribution in [3.8, 4) is 5.75 Å². The quantitative estimate of drug-likeness (QED) is 0.184. The van der Waals surface area contributed by atoms with Crippen molar-refractivity contribution in [2.75, 3.05) is 17.7 Å². The van der Waals surface area contributed by atoms with Crippen LogP contribution in [0.5, 0.6) is 5.75 Å². The Bertz CT molecular complexity index is 1520. The molecule has 4 unspecified atom stereocenters. The number of nitrogens with zero attached hydrogens (tertiary/aromatic N) is 1. The number of nitro benzene ring substituents is 1. The Morgan fingerprint density at radius 1 is 0.976 bits per heavy atom. The molecule has 2 amide bonds. The molecular weight excluding hydrogens is 538 g/mol. The summed E-state index contributed by atoms with van der Waals surface area (Å²) in [5.74, 6) is -5.82. The predicted molar refractivity (Wildman–Crippen MR) is 159 cm³/mol. The van der Waals surface area contributed by atoms with Crippen molar-refractivity contribution in [3.05, 3.63) is 93.5 Å². The minimum absolute atomic E-state index is 0.0200. The number of aryl methyl sites for hydroxylation is 2. The molecule has 4 rings (SSSR count). The second-order valence-electron chi connectivity index (χ2n) is 10.7. The van der Waals surface area contributed by atoms with Crippen LogP contribution in [0, 0.1) is 22.0 Å². The van der Waals surface area contributed by atoms with Crippen molar-refractivity contribution in [1.82, 2.24) is 0 Å². The second-order valence-corrected chi connectivity index (χ2v) is 10.7. The Morgan fingerprint density at radius 3 is 2.05 bits per heavy atom. The average Bonchev–Trinajstić information content (AvgIpc) is 2.96. The first-order valence-corrected chi connectivity index (χ1v) is 13.9. The van der Waals surface area contributed by atoms with Gasteiger partial charge in [-0.05, 0) is 54.7 Å². The van der Waals surface area contributed by atoms with Crippen LogP contribution in [0.15, 0.2) is 66.7 Å². The lowest BCUT2D eigenvalue weighted by Crippen LogP contribution is -2.56. The lowest BCUT2D eigenvalue weighted by Gasteiger charge is -2.44. The number of benzene rings is 3. The van der Waals surface area contributed by atoms with Crippen LogP contribution in [-0.4, -0.2) is 40.3 Å². The van der Waals surface area contributed by atoms with E-state index in [2.05, 4.69) is 10.6 Å².